The lowest BCUT2D eigenvalue weighted by molar-refractivity contribution is -0.141. The highest BCUT2D eigenvalue weighted by Gasteiger charge is 2.34. The molecule has 0 aliphatic carbocycles. The number of nitrogens with one attached hydrogen (secondary N) is 1. The Morgan fingerprint density at radius 1 is 0.833 bits per heavy atom. The maximum atomic E-state index is 13.2. The Morgan fingerprint density at radius 2 is 1.47 bits per heavy atom. The van der Waals surface area contributed by atoms with Crippen LogP contribution in [0.15, 0.2) is 59.8 Å². The summed E-state index contributed by atoms with van der Waals surface area (Å²) in [6.07, 6.45) is -9.12. The van der Waals surface area contributed by atoms with Crippen molar-refractivity contribution >= 4 is 23.3 Å². The molecule has 0 saturated carbocycles. The van der Waals surface area contributed by atoms with E-state index in [0.29, 0.717) is 11.3 Å². The van der Waals surface area contributed by atoms with E-state index in [1.54, 1.807) is 24.3 Å². The molecule has 1 N–H and O–H groups in total. The number of rotatable bonds is 5. The predicted octanol–water partition coefficient (Wildman–Crippen LogP) is 6.86. The van der Waals surface area contributed by atoms with Crippen LogP contribution >= 0.6 is 11.8 Å². The fraction of sp³-hybridized carbons (Fsp3) is 0.200. The molecule has 0 aliphatic heterocycles. The van der Waals surface area contributed by atoms with Crippen molar-refractivity contribution in [1.29, 1.82) is 0 Å². The standard InChI is InChI=1S/C20H15F6N3S/c1-12-2-8-15(9-3-12)27-17-10-16(20(24,25)26)28-18(29-17)30-11-13-4-6-14(7-5-13)19(21,22)23/h2-10H,11H2,1H3,(H,27,28,29). The van der Waals surface area contributed by atoms with Crippen LogP contribution in [0.1, 0.15) is 22.4 Å². The third-order valence-corrected chi connectivity index (χ3v) is 4.89. The maximum Gasteiger partial charge on any atom is 0.433 e. The van der Waals surface area contributed by atoms with Gasteiger partial charge in [0.15, 0.2) is 10.9 Å². The minimum atomic E-state index is -4.67. The van der Waals surface area contributed by atoms with E-state index in [-0.39, 0.29) is 16.7 Å². The van der Waals surface area contributed by atoms with Crippen molar-refractivity contribution in [3.05, 3.63) is 77.0 Å². The Morgan fingerprint density at radius 3 is 2.03 bits per heavy atom. The average Bonchev–Trinajstić information content (AvgIpc) is 2.67. The van der Waals surface area contributed by atoms with Gasteiger partial charge in [0.1, 0.15) is 5.82 Å². The highest BCUT2D eigenvalue weighted by molar-refractivity contribution is 7.98. The quantitative estimate of drug-likeness (QED) is 0.266. The van der Waals surface area contributed by atoms with Gasteiger partial charge in [-0.3, -0.25) is 0 Å². The molecule has 1 heterocycles. The van der Waals surface area contributed by atoms with E-state index in [1.807, 2.05) is 6.92 Å². The molecule has 1 aromatic heterocycles. The first-order valence-electron chi connectivity index (χ1n) is 8.59. The Balaban J connectivity index is 1.80. The maximum absolute atomic E-state index is 13.2. The summed E-state index contributed by atoms with van der Waals surface area (Å²) in [7, 11) is 0. The molecule has 0 spiro atoms. The van der Waals surface area contributed by atoms with Crippen LogP contribution in [-0.2, 0) is 18.1 Å². The molecule has 3 rings (SSSR count). The van der Waals surface area contributed by atoms with E-state index in [9.17, 15) is 26.3 Å². The molecule has 10 heteroatoms. The van der Waals surface area contributed by atoms with Crippen LogP contribution in [0.5, 0.6) is 0 Å². The Labute approximate surface area is 172 Å². The number of benzene rings is 2. The van der Waals surface area contributed by atoms with Crippen LogP contribution in [0.25, 0.3) is 0 Å². The summed E-state index contributed by atoms with van der Waals surface area (Å²) in [4.78, 5) is 7.64. The minimum Gasteiger partial charge on any atom is -0.340 e. The zero-order chi connectivity index (χ0) is 21.9. The van der Waals surface area contributed by atoms with Crippen molar-refractivity contribution in [2.24, 2.45) is 0 Å². The minimum absolute atomic E-state index is 0.0314. The molecule has 3 nitrogen and oxygen atoms in total. The SMILES string of the molecule is Cc1ccc(Nc2cc(C(F)(F)F)nc(SCc3ccc(C(F)(F)F)cc3)n2)cc1. The summed E-state index contributed by atoms with van der Waals surface area (Å²) in [5.41, 5.74) is 0.151. The summed E-state index contributed by atoms with van der Waals surface area (Å²) in [5.74, 6) is 0.0831. The molecular formula is C20H15F6N3S. The molecule has 0 fully saturated rings. The van der Waals surface area contributed by atoms with Gasteiger partial charge in [0, 0.05) is 17.5 Å². The second-order valence-electron chi connectivity index (χ2n) is 6.39. The summed E-state index contributed by atoms with van der Waals surface area (Å²) in [6.45, 7) is 1.88. The third kappa shape index (κ3) is 5.88. The zero-order valence-electron chi connectivity index (χ0n) is 15.5. The lowest BCUT2D eigenvalue weighted by Gasteiger charge is -2.12. The highest BCUT2D eigenvalue weighted by atomic mass is 32.2. The Hall–Kier alpha value is -2.75. The van der Waals surface area contributed by atoms with Gasteiger partial charge in [-0.1, -0.05) is 41.6 Å². The lowest BCUT2D eigenvalue weighted by Crippen LogP contribution is -2.11. The molecule has 3 aromatic rings. The second-order valence-corrected chi connectivity index (χ2v) is 7.34. The molecule has 158 valence electrons. The van der Waals surface area contributed by atoms with Gasteiger partial charge in [0.25, 0.3) is 0 Å². The largest absolute Gasteiger partial charge is 0.433 e. The number of halogens is 6. The normalized spacial score (nSPS) is 12.1. The number of thioether (sulfide) groups is 1. The predicted molar refractivity (Wildman–Crippen MR) is 103 cm³/mol. The number of aryl methyl sites for hydroxylation is 1. The number of hydrogen-bond donors (Lipinski definition) is 1. The van der Waals surface area contributed by atoms with Crippen molar-refractivity contribution in [2.75, 3.05) is 5.32 Å². The fourth-order valence-electron chi connectivity index (χ4n) is 2.42. The Bertz CT molecular complexity index is 999. The van der Waals surface area contributed by atoms with Gasteiger partial charge in [-0.2, -0.15) is 26.3 Å². The van der Waals surface area contributed by atoms with E-state index < -0.39 is 23.6 Å². The van der Waals surface area contributed by atoms with E-state index >= 15 is 0 Å². The van der Waals surface area contributed by atoms with Gasteiger partial charge >= 0.3 is 12.4 Å². The van der Waals surface area contributed by atoms with E-state index in [1.165, 1.54) is 12.1 Å². The van der Waals surface area contributed by atoms with Gasteiger partial charge < -0.3 is 5.32 Å². The van der Waals surface area contributed by atoms with Crippen molar-refractivity contribution in [2.45, 2.75) is 30.2 Å². The molecular weight excluding hydrogens is 428 g/mol. The van der Waals surface area contributed by atoms with Gasteiger partial charge in [0.05, 0.1) is 5.56 Å². The van der Waals surface area contributed by atoms with Gasteiger partial charge in [-0.25, -0.2) is 9.97 Å². The van der Waals surface area contributed by atoms with E-state index in [2.05, 4.69) is 15.3 Å². The summed E-state index contributed by atoms with van der Waals surface area (Å²) in [6, 6.07) is 12.2. The van der Waals surface area contributed by atoms with Crippen molar-refractivity contribution in [3.8, 4) is 0 Å². The van der Waals surface area contributed by atoms with E-state index in [4.69, 9.17) is 0 Å². The number of hydrogen-bond acceptors (Lipinski definition) is 4. The zero-order valence-corrected chi connectivity index (χ0v) is 16.3. The molecule has 0 saturated heterocycles. The summed E-state index contributed by atoms with van der Waals surface area (Å²) in [5, 5.41) is 2.68. The molecule has 0 amide bonds. The molecule has 2 aromatic carbocycles. The van der Waals surface area contributed by atoms with Gasteiger partial charge in [-0.05, 0) is 36.8 Å². The third-order valence-electron chi connectivity index (χ3n) is 3.97. The molecule has 30 heavy (non-hydrogen) atoms. The van der Waals surface area contributed by atoms with Crippen molar-refractivity contribution < 1.29 is 26.3 Å². The smallest absolute Gasteiger partial charge is 0.340 e. The molecule has 0 atom stereocenters. The highest BCUT2D eigenvalue weighted by Crippen LogP contribution is 2.33. The Kier molecular flexibility index (Phi) is 6.25. The number of aromatic nitrogens is 2. The van der Waals surface area contributed by atoms with E-state index in [0.717, 1.165) is 35.5 Å². The molecule has 0 bridgehead atoms. The fourth-order valence-corrected chi connectivity index (χ4v) is 3.24. The van der Waals surface area contributed by atoms with Crippen LogP contribution in [-0.4, -0.2) is 9.97 Å². The molecule has 0 radical (unpaired) electrons. The first kappa shape index (κ1) is 21.9. The van der Waals surface area contributed by atoms with Crippen LogP contribution < -0.4 is 5.32 Å². The van der Waals surface area contributed by atoms with Gasteiger partial charge in [0.2, 0.25) is 0 Å². The van der Waals surface area contributed by atoms with Crippen LogP contribution in [0, 0.1) is 6.92 Å². The first-order chi connectivity index (χ1) is 14.0. The number of nitrogens with zero attached hydrogens (tertiary/aromatic N) is 2. The second kappa shape index (κ2) is 8.55. The molecule has 0 unspecified atom stereocenters. The van der Waals surface area contributed by atoms with Crippen molar-refractivity contribution in [1.82, 2.24) is 9.97 Å². The van der Waals surface area contributed by atoms with Crippen LogP contribution in [0.3, 0.4) is 0 Å². The van der Waals surface area contributed by atoms with Crippen LogP contribution in [0.4, 0.5) is 37.8 Å². The number of alkyl halides is 6. The molecule has 0 aliphatic rings. The van der Waals surface area contributed by atoms with Crippen molar-refractivity contribution in [3.63, 3.8) is 0 Å². The van der Waals surface area contributed by atoms with Crippen LogP contribution in [0.2, 0.25) is 0 Å². The average molecular weight is 443 g/mol. The summed E-state index contributed by atoms with van der Waals surface area (Å²) < 4.78 is 77.6. The van der Waals surface area contributed by atoms with Gasteiger partial charge in [-0.15, -0.1) is 0 Å². The monoisotopic (exact) mass is 443 g/mol. The number of anilines is 2. The lowest BCUT2D eigenvalue weighted by atomic mass is 10.1. The first-order valence-corrected chi connectivity index (χ1v) is 9.58. The topological polar surface area (TPSA) is 37.8 Å². The summed E-state index contributed by atoms with van der Waals surface area (Å²) >= 11 is 0.901.